The van der Waals surface area contributed by atoms with Gasteiger partial charge in [0.25, 0.3) is 16.0 Å². The van der Waals surface area contributed by atoms with Gasteiger partial charge in [-0.1, -0.05) is 0 Å². The molecule has 1 aliphatic rings. The molecule has 0 bridgehead atoms. The van der Waals surface area contributed by atoms with Crippen LogP contribution in [0, 0.1) is 11.2 Å². The van der Waals surface area contributed by atoms with E-state index in [0.717, 1.165) is 18.4 Å². The number of cyclic esters (lactones) is 1. The first-order chi connectivity index (χ1) is 14.0. The summed E-state index contributed by atoms with van der Waals surface area (Å²) in [7, 11) is -3.82. The van der Waals surface area contributed by atoms with Crippen LogP contribution in [-0.4, -0.2) is 44.8 Å². The Morgan fingerprint density at radius 3 is 2.27 bits per heavy atom. The molecule has 0 radical (unpaired) electrons. The fraction of sp³-hybridized carbons (Fsp3) is 0.211. The summed E-state index contributed by atoms with van der Waals surface area (Å²) in [6, 6.07) is 10.2. The van der Waals surface area contributed by atoms with Crippen LogP contribution in [0.25, 0.3) is 0 Å². The monoisotopic (exact) mass is 435 g/mol. The zero-order valence-electron chi connectivity index (χ0n) is 16.0. The van der Waals surface area contributed by atoms with E-state index in [1.807, 2.05) is 0 Å². The molecule has 3 rings (SSSR count). The number of nitrogens with one attached hydrogen (secondary N) is 2. The van der Waals surface area contributed by atoms with Crippen LogP contribution in [0.2, 0.25) is 0 Å². The maximum absolute atomic E-state index is 13.0. The molecule has 1 fully saturated rings. The molecule has 0 aromatic heterocycles. The van der Waals surface area contributed by atoms with Crippen LogP contribution < -0.4 is 10.2 Å². The van der Waals surface area contributed by atoms with Crippen molar-refractivity contribution in [1.82, 2.24) is 5.32 Å². The third-order valence-electron chi connectivity index (χ3n) is 4.26. The number of halogens is 1. The quantitative estimate of drug-likeness (QED) is 0.421. The van der Waals surface area contributed by atoms with Crippen molar-refractivity contribution in [3.8, 4) is 0 Å². The van der Waals surface area contributed by atoms with E-state index >= 15 is 0 Å². The van der Waals surface area contributed by atoms with E-state index in [9.17, 15) is 22.4 Å². The van der Waals surface area contributed by atoms with Crippen LogP contribution in [-0.2, 0) is 19.0 Å². The molecule has 1 heterocycles. The predicted molar refractivity (Wildman–Crippen MR) is 105 cm³/mol. The Kier molecular flexibility index (Phi) is 5.85. The van der Waals surface area contributed by atoms with Crippen LogP contribution in [0.3, 0.4) is 0 Å². The Morgan fingerprint density at radius 1 is 1.13 bits per heavy atom. The summed E-state index contributed by atoms with van der Waals surface area (Å²) in [6.07, 6.45) is -1.19. The van der Waals surface area contributed by atoms with Gasteiger partial charge >= 0.3 is 6.09 Å². The lowest BCUT2D eigenvalue weighted by atomic mass is 10.1. The molecule has 2 unspecified atom stereocenters. The highest BCUT2D eigenvalue weighted by atomic mass is 32.2. The van der Waals surface area contributed by atoms with E-state index in [1.54, 1.807) is 6.92 Å². The number of carbonyl (C=O) groups excluding carboxylic acids is 2. The van der Waals surface area contributed by atoms with Crippen molar-refractivity contribution < 1.29 is 31.3 Å². The number of anilines is 1. The topological polar surface area (TPSA) is 126 Å². The van der Waals surface area contributed by atoms with Gasteiger partial charge in [0, 0.05) is 16.8 Å². The second-order valence-corrected chi connectivity index (χ2v) is 8.15. The van der Waals surface area contributed by atoms with Crippen LogP contribution in [0.1, 0.15) is 22.8 Å². The molecular formula is C19H18FN3O6S. The Bertz CT molecular complexity index is 1090. The Labute approximate surface area is 172 Å². The third kappa shape index (κ3) is 4.81. The lowest BCUT2D eigenvalue weighted by Gasteiger charge is -2.20. The van der Waals surface area contributed by atoms with E-state index in [-0.39, 0.29) is 11.4 Å². The molecule has 0 spiro atoms. The summed E-state index contributed by atoms with van der Waals surface area (Å²) >= 11 is 0. The number of hydrogen-bond donors (Lipinski definition) is 2. The van der Waals surface area contributed by atoms with E-state index in [0.29, 0.717) is 11.3 Å². The molecule has 11 heteroatoms. The van der Waals surface area contributed by atoms with Crippen molar-refractivity contribution >= 4 is 33.6 Å². The van der Waals surface area contributed by atoms with Gasteiger partial charge in [-0.2, -0.15) is 8.42 Å². The first-order valence-corrected chi connectivity index (χ1v) is 10.5. The first-order valence-electron chi connectivity index (χ1n) is 8.69. The molecule has 1 saturated heterocycles. The smallest absolute Gasteiger partial charge is 0.416 e. The second-order valence-electron chi connectivity index (χ2n) is 6.55. The molecule has 0 saturated carbocycles. The highest BCUT2D eigenvalue weighted by molar-refractivity contribution is 7.86. The third-order valence-corrected chi connectivity index (χ3v) is 4.80. The fourth-order valence-electron chi connectivity index (χ4n) is 2.80. The highest BCUT2D eigenvalue weighted by Crippen LogP contribution is 2.28. The Morgan fingerprint density at radius 2 is 1.70 bits per heavy atom. The van der Waals surface area contributed by atoms with Crippen LogP contribution in [0.5, 0.6) is 0 Å². The number of nitrogens with zero attached hydrogens (tertiary/aromatic N) is 1. The first kappa shape index (κ1) is 21.4. The molecule has 9 nitrogen and oxygen atoms in total. The van der Waals surface area contributed by atoms with Crippen molar-refractivity contribution in [2.45, 2.75) is 19.3 Å². The molecule has 0 aliphatic carbocycles. The Hall–Kier alpha value is -3.31. The summed E-state index contributed by atoms with van der Waals surface area (Å²) in [5, 5.41) is 10.4. The molecule has 30 heavy (non-hydrogen) atoms. The van der Waals surface area contributed by atoms with Crippen molar-refractivity contribution in [2.24, 2.45) is 0 Å². The lowest BCUT2D eigenvalue weighted by Crippen LogP contribution is -2.36. The standard InChI is InChI=1S/C19H18FN3O6S/c1-11-18(29-30(2,26)27)28-19(25)23(11)15-9-5-12(6-10-15)16(21)22-17(24)13-3-7-14(20)8-4-13/h3-11,18H,1-2H3,(H2,21,22,24). The maximum Gasteiger partial charge on any atom is 0.417 e. The number of amides is 2. The van der Waals surface area contributed by atoms with Gasteiger partial charge < -0.3 is 10.1 Å². The van der Waals surface area contributed by atoms with E-state index in [1.165, 1.54) is 41.3 Å². The summed E-state index contributed by atoms with van der Waals surface area (Å²) < 4.78 is 45.3. The van der Waals surface area contributed by atoms with Gasteiger partial charge in [-0.25, -0.2) is 13.4 Å². The largest absolute Gasteiger partial charge is 0.417 e. The van der Waals surface area contributed by atoms with Gasteiger partial charge in [0.05, 0.1) is 6.26 Å². The summed E-state index contributed by atoms with van der Waals surface area (Å²) in [6.45, 7) is 1.57. The highest BCUT2D eigenvalue weighted by Gasteiger charge is 2.42. The minimum absolute atomic E-state index is 0.189. The molecule has 2 aromatic carbocycles. The SMILES string of the molecule is CC1C(OS(C)(=O)=O)OC(=O)N1c1ccc(C(=N)NC(=O)c2ccc(F)cc2)cc1. The number of rotatable bonds is 5. The van der Waals surface area contributed by atoms with Gasteiger partial charge in [0.15, 0.2) is 0 Å². The second kappa shape index (κ2) is 8.20. The van der Waals surface area contributed by atoms with Gasteiger partial charge in [-0.05, 0) is 55.5 Å². The van der Waals surface area contributed by atoms with Crippen molar-refractivity contribution in [1.29, 1.82) is 5.41 Å². The number of ether oxygens (including phenoxy) is 1. The normalized spacial score (nSPS) is 18.8. The van der Waals surface area contributed by atoms with Crippen molar-refractivity contribution in [3.63, 3.8) is 0 Å². The molecule has 2 amide bonds. The van der Waals surface area contributed by atoms with E-state index in [4.69, 9.17) is 14.3 Å². The van der Waals surface area contributed by atoms with Crippen LogP contribution in [0.15, 0.2) is 48.5 Å². The van der Waals surface area contributed by atoms with Crippen LogP contribution >= 0.6 is 0 Å². The summed E-state index contributed by atoms with van der Waals surface area (Å²) in [4.78, 5) is 25.5. The van der Waals surface area contributed by atoms with Gasteiger partial charge in [-0.3, -0.25) is 15.1 Å². The molecule has 2 aromatic rings. The summed E-state index contributed by atoms with van der Waals surface area (Å²) in [5.41, 5.74) is 0.954. The molecule has 158 valence electrons. The lowest BCUT2D eigenvalue weighted by molar-refractivity contribution is -0.00472. The van der Waals surface area contributed by atoms with Gasteiger partial charge in [-0.15, -0.1) is 0 Å². The number of carbonyl (C=O) groups is 2. The van der Waals surface area contributed by atoms with Crippen molar-refractivity contribution in [3.05, 3.63) is 65.5 Å². The number of hydrogen-bond acceptors (Lipinski definition) is 7. The van der Waals surface area contributed by atoms with E-state index < -0.39 is 40.3 Å². The molecule has 2 atom stereocenters. The number of benzene rings is 2. The average molecular weight is 435 g/mol. The van der Waals surface area contributed by atoms with Gasteiger partial charge in [0.2, 0.25) is 6.29 Å². The predicted octanol–water partition coefficient (Wildman–Crippen LogP) is 2.23. The summed E-state index contributed by atoms with van der Waals surface area (Å²) in [5.74, 6) is -1.23. The van der Waals surface area contributed by atoms with Crippen molar-refractivity contribution in [2.75, 3.05) is 11.2 Å². The fourth-order valence-corrected chi connectivity index (χ4v) is 3.35. The molecule has 1 aliphatic heterocycles. The minimum Gasteiger partial charge on any atom is -0.416 e. The average Bonchev–Trinajstić information content (AvgIpc) is 2.94. The maximum atomic E-state index is 13.0. The van der Waals surface area contributed by atoms with Gasteiger partial charge in [0.1, 0.15) is 17.7 Å². The molecule has 2 N–H and O–H groups in total. The zero-order chi connectivity index (χ0) is 22.1. The zero-order valence-corrected chi connectivity index (χ0v) is 16.8. The van der Waals surface area contributed by atoms with Crippen LogP contribution in [0.4, 0.5) is 14.9 Å². The van der Waals surface area contributed by atoms with E-state index in [2.05, 4.69) is 5.32 Å². The number of amidine groups is 1. The molecular weight excluding hydrogens is 417 g/mol. The Balaban J connectivity index is 1.70. The minimum atomic E-state index is -3.82.